The normalized spacial score (nSPS) is 12.2. The number of rotatable bonds is 5. The number of carbonyl (C=O) groups excluding carboxylic acids is 1. The molecule has 1 unspecified atom stereocenters. The van der Waals surface area contributed by atoms with E-state index in [-0.39, 0.29) is 0 Å². The Morgan fingerprint density at radius 1 is 1.33 bits per heavy atom. The van der Waals surface area contributed by atoms with Crippen LogP contribution in [0.3, 0.4) is 0 Å². The first-order valence-corrected chi connectivity index (χ1v) is 5.33. The molecule has 0 aliphatic rings. The maximum Gasteiger partial charge on any atom is 0.133 e. The molecule has 82 valence electrons. The van der Waals surface area contributed by atoms with Gasteiger partial charge in [-0.1, -0.05) is 26.0 Å². The minimum atomic E-state index is 0.295. The molecule has 15 heavy (non-hydrogen) atoms. The molecule has 2 nitrogen and oxygen atoms in total. The molecule has 0 saturated heterocycles. The van der Waals surface area contributed by atoms with Gasteiger partial charge in [0, 0.05) is 12.8 Å². The molecule has 0 heterocycles. The first-order chi connectivity index (χ1) is 7.17. The van der Waals surface area contributed by atoms with Crippen molar-refractivity contribution < 1.29 is 9.53 Å². The first kappa shape index (κ1) is 11.8. The van der Waals surface area contributed by atoms with E-state index in [4.69, 9.17) is 4.74 Å². The monoisotopic (exact) mass is 206 g/mol. The lowest BCUT2D eigenvalue weighted by Crippen LogP contribution is -2.02. The summed E-state index contributed by atoms with van der Waals surface area (Å²) in [5, 5.41) is 0. The molecule has 0 radical (unpaired) electrons. The molecule has 1 atom stereocenters. The lowest BCUT2D eigenvalue weighted by Gasteiger charge is -2.10. The van der Waals surface area contributed by atoms with Gasteiger partial charge in [-0.2, -0.15) is 0 Å². The summed E-state index contributed by atoms with van der Waals surface area (Å²) in [5.41, 5.74) is 1.19. The Hall–Kier alpha value is -1.31. The molecule has 0 aromatic heterocycles. The third-order valence-electron chi connectivity index (χ3n) is 2.61. The van der Waals surface area contributed by atoms with Crippen LogP contribution < -0.4 is 4.74 Å². The smallest absolute Gasteiger partial charge is 0.133 e. The van der Waals surface area contributed by atoms with Gasteiger partial charge in [0.05, 0.1) is 7.11 Å². The fourth-order valence-electron chi connectivity index (χ4n) is 1.54. The summed E-state index contributed by atoms with van der Waals surface area (Å²) in [4.78, 5) is 11.3. The van der Waals surface area contributed by atoms with Crippen LogP contribution >= 0.6 is 0 Å². The highest BCUT2D eigenvalue weighted by Gasteiger charge is 2.09. The molecule has 0 aliphatic heterocycles. The summed E-state index contributed by atoms with van der Waals surface area (Å²) in [5.74, 6) is 1.47. The van der Waals surface area contributed by atoms with Crippen molar-refractivity contribution in [3.05, 3.63) is 29.8 Å². The van der Waals surface area contributed by atoms with Gasteiger partial charge in [0.1, 0.15) is 11.5 Å². The van der Waals surface area contributed by atoms with Crippen LogP contribution in [0, 0.1) is 0 Å². The van der Waals surface area contributed by atoms with Crippen molar-refractivity contribution >= 4 is 5.78 Å². The molecule has 0 spiro atoms. The average molecular weight is 206 g/mol. The number of hydrogen-bond acceptors (Lipinski definition) is 2. The van der Waals surface area contributed by atoms with Gasteiger partial charge in [0.25, 0.3) is 0 Å². The molecule has 0 N–H and O–H groups in total. The van der Waals surface area contributed by atoms with E-state index in [2.05, 4.69) is 6.92 Å². The highest BCUT2D eigenvalue weighted by molar-refractivity contribution is 5.78. The average Bonchev–Trinajstić information content (AvgIpc) is 2.29. The third-order valence-corrected chi connectivity index (χ3v) is 2.61. The van der Waals surface area contributed by atoms with Gasteiger partial charge in [-0.15, -0.1) is 0 Å². The van der Waals surface area contributed by atoms with Gasteiger partial charge in [0.2, 0.25) is 0 Å². The summed E-state index contributed by atoms with van der Waals surface area (Å²) in [6.07, 6.45) is 1.25. The second kappa shape index (κ2) is 5.54. The summed E-state index contributed by atoms with van der Waals surface area (Å²) in [6.45, 7) is 3.98. The largest absolute Gasteiger partial charge is 0.497 e. The molecule has 0 bridgehead atoms. The van der Waals surface area contributed by atoms with E-state index < -0.39 is 0 Å². The molecule has 1 aromatic carbocycles. The van der Waals surface area contributed by atoms with Gasteiger partial charge in [-0.25, -0.2) is 0 Å². The van der Waals surface area contributed by atoms with E-state index in [9.17, 15) is 4.79 Å². The van der Waals surface area contributed by atoms with Crippen LogP contribution in [0.5, 0.6) is 5.75 Å². The van der Waals surface area contributed by atoms with Crippen LogP contribution in [-0.2, 0) is 4.79 Å². The van der Waals surface area contributed by atoms with Gasteiger partial charge in [-0.3, -0.25) is 4.79 Å². The van der Waals surface area contributed by atoms with Gasteiger partial charge >= 0.3 is 0 Å². The van der Waals surface area contributed by atoms with Crippen molar-refractivity contribution in [3.63, 3.8) is 0 Å². The molecule has 0 fully saturated rings. The van der Waals surface area contributed by atoms with Crippen LogP contribution in [0.25, 0.3) is 0 Å². The summed E-state index contributed by atoms with van der Waals surface area (Å²) >= 11 is 0. The lowest BCUT2D eigenvalue weighted by atomic mass is 9.95. The summed E-state index contributed by atoms with van der Waals surface area (Å²) in [6, 6.07) is 7.91. The number of benzene rings is 1. The second-order valence-corrected chi connectivity index (χ2v) is 3.77. The van der Waals surface area contributed by atoms with E-state index in [1.165, 1.54) is 5.56 Å². The fourth-order valence-corrected chi connectivity index (χ4v) is 1.54. The topological polar surface area (TPSA) is 26.3 Å². The zero-order valence-electron chi connectivity index (χ0n) is 9.62. The summed E-state index contributed by atoms with van der Waals surface area (Å²) in [7, 11) is 1.65. The zero-order chi connectivity index (χ0) is 11.3. The molecular formula is C13H18O2. The van der Waals surface area contributed by atoms with Crippen LogP contribution in [0.2, 0.25) is 0 Å². The lowest BCUT2D eigenvalue weighted by molar-refractivity contribution is -0.119. The van der Waals surface area contributed by atoms with Crippen LogP contribution in [-0.4, -0.2) is 12.9 Å². The molecule has 2 heteroatoms. The Kier molecular flexibility index (Phi) is 4.35. The van der Waals surface area contributed by atoms with E-state index in [0.717, 1.165) is 5.75 Å². The SMILES string of the molecule is CCC(=O)CC(C)c1ccc(OC)cc1. The van der Waals surface area contributed by atoms with E-state index in [1.54, 1.807) is 7.11 Å². The van der Waals surface area contributed by atoms with Crippen LogP contribution in [0.1, 0.15) is 38.2 Å². The Labute approximate surface area is 91.3 Å². The van der Waals surface area contributed by atoms with Gasteiger partial charge < -0.3 is 4.74 Å². The second-order valence-electron chi connectivity index (χ2n) is 3.77. The molecular weight excluding hydrogens is 188 g/mol. The van der Waals surface area contributed by atoms with Crippen LogP contribution in [0.4, 0.5) is 0 Å². The Balaban J connectivity index is 2.65. The molecule has 0 aliphatic carbocycles. The molecule has 0 saturated carbocycles. The minimum absolute atomic E-state index is 0.295. The van der Waals surface area contributed by atoms with E-state index >= 15 is 0 Å². The number of ketones is 1. The zero-order valence-corrected chi connectivity index (χ0v) is 9.62. The van der Waals surface area contributed by atoms with Crippen molar-refractivity contribution in [2.45, 2.75) is 32.6 Å². The van der Waals surface area contributed by atoms with E-state index in [1.807, 2.05) is 31.2 Å². The molecule has 0 amide bonds. The number of hydrogen-bond donors (Lipinski definition) is 0. The standard InChI is InChI=1S/C13H18O2/c1-4-12(14)9-10(2)11-5-7-13(15-3)8-6-11/h5-8,10H,4,9H2,1-3H3. The van der Waals surface area contributed by atoms with Crippen molar-refractivity contribution in [3.8, 4) is 5.75 Å². The highest BCUT2D eigenvalue weighted by Crippen LogP contribution is 2.22. The van der Waals surface area contributed by atoms with Crippen molar-refractivity contribution in [2.24, 2.45) is 0 Å². The Morgan fingerprint density at radius 2 is 1.93 bits per heavy atom. The van der Waals surface area contributed by atoms with Crippen LogP contribution in [0.15, 0.2) is 24.3 Å². The predicted octanol–water partition coefficient (Wildman–Crippen LogP) is 3.17. The summed E-state index contributed by atoms with van der Waals surface area (Å²) < 4.78 is 5.08. The van der Waals surface area contributed by atoms with Crippen molar-refractivity contribution in [1.29, 1.82) is 0 Å². The quantitative estimate of drug-likeness (QED) is 0.739. The number of Topliss-reactive ketones (excluding diaryl/α,β-unsaturated/α-hetero) is 1. The molecule has 1 aromatic rings. The minimum Gasteiger partial charge on any atom is -0.497 e. The fraction of sp³-hybridized carbons (Fsp3) is 0.462. The maximum absolute atomic E-state index is 11.3. The Morgan fingerprint density at radius 3 is 2.40 bits per heavy atom. The highest BCUT2D eigenvalue weighted by atomic mass is 16.5. The van der Waals surface area contributed by atoms with Gasteiger partial charge in [-0.05, 0) is 23.6 Å². The number of methoxy groups -OCH3 is 1. The van der Waals surface area contributed by atoms with Gasteiger partial charge in [0.15, 0.2) is 0 Å². The number of carbonyl (C=O) groups is 1. The first-order valence-electron chi connectivity index (χ1n) is 5.33. The van der Waals surface area contributed by atoms with Crippen molar-refractivity contribution in [1.82, 2.24) is 0 Å². The van der Waals surface area contributed by atoms with E-state index in [0.29, 0.717) is 24.5 Å². The predicted molar refractivity (Wildman–Crippen MR) is 61.3 cm³/mol. The maximum atomic E-state index is 11.3. The van der Waals surface area contributed by atoms with Crippen molar-refractivity contribution in [2.75, 3.05) is 7.11 Å². The molecule has 1 rings (SSSR count). The third kappa shape index (κ3) is 3.39. The Bertz CT molecular complexity index is 314. The number of ether oxygens (including phenoxy) is 1.